The molecule has 6 nitrogen and oxygen atoms in total. The molecule has 4 rings (SSSR count). The van der Waals surface area contributed by atoms with Gasteiger partial charge in [0.05, 0.1) is 17.5 Å². The van der Waals surface area contributed by atoms with E-state index in [0.29, 0.717) is 29.2 Å². The second kappa shape index (κ2) is 7.37. The fourth-order valence-corrected chi connectivity index (χ4v) is 4.32. The first-order valence-corrected chi connectivity index (χ1v) is 8.99. The van der Waals surface area contributed by atoms with Gasteiger partial charge in [-0.25, -0.2) is 4.68 Å². The molecule has 1 N–H and O–H groups in total. The first kappa shape index (κ1) is 18.9. The van der Waals surface area contributed by atoms with Crippen LogP contribution in [0.3, 0.4) is 0 Å². The molecule has 2 aliphatic heterocycles. The summed E-state index contributed by atoms with van der Waals surface area (Å²) in [5.74, 6) is 0.0719. The minimum atomic E-state index is -0.130. The second-order valence-corrected chi connectivity index (χ2v) is 7.37. The maximum Gasteiger partial charge on any atom is 0.274 e. The highest BCUT2D eigenvalue weighted by Gasteiger charge is 2.36. The molecule has 1 aromatic heterocycles. The Hall–Kier alpha value is -1.92. The second-order valence-electron chi connectivity index (χ2n) is 7.37. The Morgan fingerprint density at radius 3 is 2.50 bits per heavy atom. The van der Waals surface area contributed by atoms with Crippen LogP contribution in [0.2, 0.25) is 0 Å². The van der Waals surface area contributed by atoms with Gasteiger partial charge in [-0.15, -0.1) is 12.4 Å². The zero-order chi connectivity index (χ0) is 17.6. The van der Waals surface area contributed by atoms with Gasteiger partial charge in [-0.1, -0.05) is 18.2 Å². The number of carbonyl (C=O) groups is 1. The predicted octanol–water partition coefficient (Wildman–Crippen LogP) is 1.64. The van der Waals surface area contributed by atoms with E-state index >= 15 is 0 Å². The van der Waals surface area contributed by atoms with E-state index in [2.05, 4.69) is 10.4 Å². The zero-order valence-corrected chi connectivity index (χ0v) is 16.0. The average molecular weight is 377 g/mol. The zero-order valence-electron chi connectivity index (χ0n) is 15.1. The highest BCUT2D eigenvalue weighted by Crippen LogP contribution is 2.29. The number of hydrogen-bond acceptors (Lipinski definition) is 4. The van der Waals surface area contributed by atoms with Crippen LogP contribution in [0.4, 0.5) is 0 Å². The Balaban J connectivity index is 0.00000196. The lowest BCUT2D eigenvalue weighted by molar-refractivity contribution is -0.132. The van der Waals surface area contributed by atoms with Crippen LogP contribution < -0.4 is 10.9 Å². The minimum Gasteiger partial charge on any atom is -0.342 e. The first-order chi connectivity index (χ1) is 12.0. The number of carbonyl (C=O) groups excluding carboxylic acids is 1. The smallest absolute Gasteiger partial charge is 0.274 e. The number of aryl methyl sites for hydroxylation is 1. The van der Waals surface area contributed by atoms with Crippen LogP contribution in [0.15, 0.2) is 29.1 Å². The van der Waals surface area contributed by atoms with Crippen LogP contribution in [0.25, 0.3) is 10.8 Å². The predicted molar refractivity (Wildman–Crippen MR) is 104 cm³/mol. The summed E-state index contributed by atoms with van der Waals surface area (Å²) in [5, 5.41) is 9.36. The summed E-state index contributed by atoms with van der Waals surface area (Å²) in [6.45, 7) is 0. The fourth-order valence-electron chi connectivity index (χ4n) is 4.32. The topological polar surface area (TPSA) is 67.2 Å². The number of likely N-dealkylation sites (N-methyl/N-ethyl adjacent to an activating group) is 1. The number of aromatic nitrogens is 2. The van der Waals surface area contributed by atoms with Crippen molar-refractivity contribution < 1.29 is 4.79 Å². The number of nitrogens with one attached hydrogen (secondary N) is 1. The first-order valence-electron chi connectivity index (χ1n) is 8.99. The van der Waals surface area contributed by atoms with E-state index in [1.807, 2.05) is 30.1 Å². The molecule has 7 heteroatoms. The summed E-state index contributed by atoms with van der Waals surface area (Å²) in [4.78, 5) is 27.0. The SMILES string of the molecule is CN(C(=O)Cc1nn(C)c(=O)c2ccccc12)C1CC2CCC(C1)N2.Cl. The van der Waals surface area contributed by atoms with Gasteiger partial charge in [0, 0.05) is 37.6 Å². The molecule has 2 aromatic rings. The molecule has 2 saturated heterocycles. The highest BCUT2D eigenvalue weighted by molar-refractivity contribution is 5.88. The van der Waals surface area contributed by atoms with Gasteiger partial charge >= 0.3 is 0 Å². The minimum absolute atomic E-state index is 0. The summed E-state index contributed by atoms with van der Waals surface area (Å²) in [7, 11) is 3.54. The third kappa shape index (κ3) is 3.35. The monoisotopic (exact) mass is 376 g/mol. The fraction of sp³-hybridized carbons (Fsp3) is 0.526. The van der Waals surface area contributed by atoms with Crippen LogP contribution in [0.5, 0.6) is 0 Å². The van der Waals surface area contributed by atoms with Crippen LogP contribution in [-0.2, 0) is 18.3 Å². The number of fused-ring (bicyclic) bond motifs is 3. The maximum atomic E-state index is 12.9. The van der Waals surface area contributed by atoms with Gasteiger partial charge in [-0.3, -0.25) is 9.59 Å². The Labute approximate surface area is 159 Å². The van der Waals surface area contributed by atoms with E-state index in [1.54, 1.807) is 13.1 Å². The molecule has 1 amide bonds. The maximum absolute atomic E-state index is 12.9. The third-order valence-electron chi connectivity index (χ3n) is 5.74. The molecule has 2 bridgehead atoms. The number of amides is 1. The van der Waals surface area contributed by atoms with Crippen molar-refractivity contribution in [3.63, 3.8) is 0 Å². The van der Waals surface area contributed by atoms with Crippen molar-refractivity contribution in [3.8, 4) is 0 Å². The van der Waals surface area contributed by atoms with Gasteiger partial charge in [-0.05, 0) is 31.7 Å². The number of nitrogens with zero attached hydrogens (tertiary/aromatic N) is 3. The molecule has 0 saturated carbocycles. The van der Waals surface area contributed by atoms with Gasteiger partial charge in [0.15, 0.2) is 0 Å². The third-order valence-corrected chi connectivity index (χ3v) is 5.74. The van der Waals surface area contributed by atoms with Crippen LogP contribution in [0.1, 0.15) is 31.4 Å². The number of halogens is 1. The summed E-state index contributed by atoms with van der Waals surface area (Å²) in [5.41, 5.74) is 0.543. The lowest BCUT2D eigenvalue weighted by Crippen LogP contribution is -2.49. The molecule has 3 heterocycles. The van der Waals surface area contributed by atoms with Crippen molar-refractivity contribution in [3.05, 3.63) is 40.3 Å². The van der Waals surface area contributed by atoms with Crippen LogP contribution >= 0.6 is 12.4 Å². The standard InChI is InChI=1S/C19H24N4O2.ClH/c1-22(14-9-12-7-8-13(10-14)20-12)18(24)11-17-15-5-3-4-6-16(15)19(25)23(2)21-17;/h3-6,12-14,20H,7-11H2,1-2H3;1H. The molecule has 2 unspecified atom stereocenters. The molecule has 2 aliphatic rings. The van der Waals surface area contributed by atoms with Crippen molar-refractivity contribution in [1.82, 2.24) is 20.0 Å². The van der Waals surface area contributed by atoms with E-state index in [0.717, 1.165) is 18.2 Å². The van der Waals surface area contributed by atoms with E-state index in [9.17, 15) is 9.59 Å². The number of hydrogen-bond donors (Lipinski definition) is 1. The molecule has 1 aromatic carbocycles. The Bertz CT molecular complexity index is 869. The quantitative estimate of drug-likeness (QED) is 0.884. The average Bonchev–Trinajstić information content (AvgIpc) is 2.96. The normalized spacial score (nSPS) is 24.3. The van der Waals surface area contributed by atoms with E-state index in [-0.39, 0.29) is 30.3 Å². The van der Waals surface area contributed by atoms with E-state index in [4.69, 9.17) is 0 Å². The molecule has 2 atom stereocenters. The summed E-state index contributed by atoms with van der Waals surface area (Å²) in [6.07, 6.45) is 4.72. The molecule has 26 heavy (non-hydrogen) atoms. The highest BCUT2D eigenvalue weighted by atomic mass is 35.5. The number of piperidine rings is 1. The van der Waals surface area contributed by atoms with Crippen LogP contribution in [0, 0.1) is 0 Å². The molecule has 0 spiro atoms. The van der Waals surface area contributed by atoms with Gasteiger partial charge in [0.25, 0.3) is 5.56 Å². The van der Waals surface area contributed by atoms with Crippen molar-refractivity contribution in [1.29, 1.82) is 0 Å². The van der Waals surface area contributed by atoms with E-state index < -0.39 is 0 Å². The van der Waals surface area contributed by atoms with E-state index in [1.165, 1.54) is 17.5 Å². The Kier molecular flexibility index (Phi) is 5.34. The molecular weight excluding hydrogens is 352 g/mol. The number of benzene rings is 1. The molecule has 0 radical (unpaired) electrons. The largest absolute Gasteiger partial charge is 0.342 e. The summed E-state index contributed by atoms with van der Waals surface area (Å²) < 4.78 is 1.33. The summed E-state index contributed by atoms with van der Waals surface area (Å²) >= 11 is 0. The van der Waals surface area contributed by atoms with Gasteiger partial charge in [0.2, 0.25) is 5.91 Å². The van der Waals surface area contributed by atoms with Gasteiger partial charge in [0.1, 0.15) is 0 Å². The molecule has 2 fully saturated rings. The van der Waals surface area contributed by atoms with Crippen molar-refractivity contribution >= 4 is 29.1 Å². The van der Waals surface area contributed by atoms with Gasteiger partial charge in [-0.2, -0.15) is 5.10 Å². The Morgan fingerprint density at radius 2 is 1.85 bits per heavy atom. The number of rotatable bonds is 3. The lowest BCUT2D eigenvalue weighted by Gasteiger charge is -2.35. The lowest BCUT2D eigenvalue weighted by atomic mass is 9.98. The Morgan fingerprint density at radius 1 is 1.23 bits per heavy atom. The molecular formula is C19H25ClN4O2. The van der Waals surface area contributed by atoms with Crippen molar-refractivity contribution in [2.75, 3.05) is 7.05 Å². The molecule has 140 valence electrons. The van der Waals surface area contributed by atoms with Gasteiger partial charge < -0.3 is 10.2 Å². The van der Waals surface area contributed by atoms with Crippen molar-refractivity contribution in [2.45, 2.75) is 50.2 Å². The summed E-state index contributed by atoms with van der Waals surface area (Å²) in [6, 6.07) is 8.78. The van der Waals surface area contributed by atoms with Crippen molar-refractivity contribution in [2.24, 2.45) is 7.05 Å². The molecule has 0 aliphatic carbocycles. The van der Waals surface area contributed by atoms with Crippen LogP contribution in [-0.4, -0.2) is 45.8 Å².